The topological polar surface area (TPSA) is 6.48 Å². The highest BCUT2D eigenvalue weighted by molar-refractivity contribution is 5.70. The maximum absolute atomic E-state index is 2.59. The van der Waals surface area contributed by atoms with Gasteiger partial charge in [0.05, 0.1) is 6.67 Å². The van der Waals surface area contributed by atoms with Crippen LogP contribution in [-0.2, 0) is 23.9 Å². The van der Waals surface area contributed by atoms with Gasteiger partial charge in [-0.05, 0) is 83.0 Å². The fourth-order valence-corrected chi connectivity index (χ4v) is 5.39. The molecule has 0 N–H and O–H groups in total. The molecule has 2 aromatic rings. The van der Waals surface area contributed by atoms with Gasteiger partial charge in [-0.15, -0.1) is 0 Å². The number of anilines is 2. The van der Waals surface area contributed by atoms with Gasteiger partial charge >= 0.3 is 0 Å². The molecule has 2 aliphatic heterocycles. The van der Waals surface area contributed by atoms with E-state index in [0.29, 0.717) is 0 Å². The zero-order valence-electron chi connectivity index (χ0n) is 17.7. The van der Waals surface area contributed by atoms with Crippen LogP contribution in [0.25, 0.3) is 0 Å². The van der Waals surface area contributed by atoms with Crippen LogP contribution in [0.1, 0.15) is 73.9 Å². The van der Waals surface area contributed by atoms with Crippen LogP contribution in [0.4, 0.5) is 11.4 Å². The van der Waals surface area contributed by atoms with Gasteiger partial charge in [0.15, 0.2) is 0 Å². The molecule has 0 saturated heterocycles. The molecule has 0 spiro atoms. The minimum Gasteiger partial charge on any atom is -0.349 e. The van der Waals surface area contributed by atoms with Crippen LogP contribution >= 0.6 is 0 Å². The van der Waals surface area contributed by atoms with E-state index in [4.69, 9.17) is 0 Å². The molecule has 2 aromatic carbocycles. The van der Waals surface area contributed by atoms with E-state index in [1.807, 2.05) is 0 Å². The summed E-state index contributed by atoms with van der Waals surface area (Å²) in [7, 11) is 0. The van der Waals surface area contributed by atoms with E-state index < -0.39 is 0 Å². The Morgan fingerprint density at radius 3 is 1.78 bits per heavy atom. The molecule has 0 amide bonds. The lowest BCUT2D eigenvalue weighted by Gasteiger charge is -2.48. The average molecular weight is 361 g/mol. The van der Waals surface area contributed by atoms with Crippen molar-refractivity contribution in [3.63, 3.8) is 0 Å². The van der Waals surface area contributed by atoms with Gasteiger partial charge in [-0.3, -0.25) is 0 Å². The first-order valence-corrected chi connectivity index (χ1v) is 10.4. The van der Waals surface area contributed by atoms with E-state index >= 15 is 0 Å². The Morgan fingerprint density at radius 2 is 1.15 bits per heavy atom. The Bertz CT molecular complexity index is 951. The van der Waals surface area contributed by atoms with E-state index in [9.17, 15) is 0 Å². The molecule has 0 fully saturated rings. The van der Waals surface area contributed by atoms with Crippen molar-refractivity contribution in [1.29, 1.82) is 0 Å². The van der Waals surface area contributed by atoms with Crippen molar-refractivity contribution < 1.29 is 0 Å². The highest BCUT2D eigenvalue weighted by Gasteiger charge is 2.39. The van der Waals surface area contributed by atoms with Crippen LogP contribution in [0.2, 0.25) is 0 Å². The van der Waals surface area contributed by atoms with E-state index in [0.717, 1.165) is 19.8 Å². The second-order valence-corrected chi connectivity index (χ2v) is 10.4. The third-order valence-corrected chi connectivity index (χ3v) is 7.49. The lowest BCUT2D eigenvalue weighted by molar-refractivity contribution is 0.331. The fraction of sp³-hybridized carbons (Fsp3) is 0.520. The molecule has 3 aliphatic rings. The fourth-order valence-electron chi connectivity index (χ4n) is 5.39. The van der Waals surface area contributed by atoms with Crippen molar-refractivity contribution in [3.8, 4) is 0 Å². The molecule has 1 aliphatic carbocycles. The van der Waals surface area contributed by atoms with Gasteiger partial charge < -0.3 is 9.80 Å². The number of aryl methyl sites for hydroxylation is 2. The SMILES string of the molecule is Cc1cc2c(cc1C)N1Cc3cc4c(cc3N(C2)C1)C(C)(C)CCC4(C)C. The van der Waals surface area contributed by atoms with Crippen molar-refractivity contribution in [2.45, 2.75) is 78.3 Å². The molecule has 0 saturated carbocycles. The number of rotatable bonds is 0. The summed E-state index contributed by atoms with van der Waals surface area (Å²) in [5.41, 5.74) is 12.4. The van der Waals surface area contributed by atoms with Gasteiger partial charge in [0.1, 0.15) is 0 Å². The monoisotopic (exact) mass is 360 g/mol. The molecule has 27 heavy (non-hydrogen) atoms. The van der Waals surface area contributed by atoms with Gasteiger partial charge in [0.2, 0.25) is 0 Å². The van der Waals surface area contributed by atoms with Crippen molar-refractivity contribution in [1.82, 2.24) is 0 Å². The molecule has 2 heterocycles. The Balaban J connectivity index is 1.65. The van der Waals surface area contributed by atoms with Crippen molar-refractivity contribution in [3.05, 3.63) is 57.6 Å². The Hall–Kier alpha value is -1.96. The summed E-state index contributed by atoms with van der Waals surface area (Å²) >= 11 is 0. The van der Waals surface area contributed by atoms with Crippen LogP contribution in [0, 0.1) is 13.8 Å². The summed E-state index contributed by atoms with van der Waals surface area (Å²) in [5.74, 6) is 0. The summed E-state index contributed by atoms with van der Waals surface area (Å²) in [5, 5.41) is 0. The number of hydrogen-bond donors (Lipinski definition) is 0. The van der Waals surface area contributed by atoms with E-state index in [-0.39, 0.29) is 10.8 Å². The molecule has 5 rings (SSSR count). The minimum atomic E-state index is 0.276. The van der Waals surface area contributed by atoms with Gasteiger partial charge in [-0.2, -0.15) is 0 Å². The predicted octanol–water partition coefficient (Wildman–Crippen LogP) is 5.95. The van der Waals surface area contributed by atoms with Crippen molar-refractivity contribution in [2.24, 2.45) is 0 Å². The van der Waals surface area contributed by atoms with Crippen LogP contribution in [0.3, 0.4) is 0 Å². The second kappa shape index (κ2) is 5.31. The number of nitrogens with zero attached hydrogens (tertiary/aromatic N) is 2. The Morgan fingerprint density at radius 1 is 0.667 bits per heavy atom. The zero-order valence-corrected chi connectivity index (χ0v) is 17.7. The second-order valence-electron chi connectivity index (χ2n) is 10.4. The maximum Gasteiger partial charge on any atom is 0.0910 e. The molecular formula is C25H32N2. The highest BCUT2D eigenvalue weighted by atomic mass is 15.4. The van der Waals surface area contributed by atoms with Gasteiger partial charge in [-0.1, -0.05) is 39.8 Å². The molecule has 0 aromatic heterocycles. The maximum atomic E-state index is 2.59. The van der Waals surface area contributed by atoms with Gasteiger partial charge in [0.25, 0.3) is 0 Å². The summed E-state index contributed by atoms with van der Waals surface area (Å²) in [4.78, 5) is 5.16. The molecule has 0 unspecified atom stereocenters. The molecule has 2 nitrogen and oxygen atoms in total. The van der Waals surface area contributed by atoms with Gasteiger partial charge in [-0.25, -0.2) is 0 Å². The van der Waals surface area contributed by atoms with Crippen molar-refractivity contribution in [2.75, 3.05) is 16.5 Å². The summed E-state index contributed by atoms with van der Waals surface area (Å²) in [6.45, 7) is 17.3. The van der Waals surface area contributed by atoms with Crippen molar-refractivity contribution >= 4 is 11.4 Å². The minimum absolute atomic E-state index is 0.276. The third-order valence-electron chi connectivity index (χ3n) is 7.49. The molecule has 142 valence electrons. The smallest absolute Gasteiger partial charge is 0.0910 e. The average Bonchev–Trinajstić information content (AvgIpc) is 2.60. The van der Waals surface area contributed by atoms with Crippen LogP contribution in [-0.4, -0.2) is 6.67 Å². The molecular weight excluding hydrogens is 328 g/mol. The van der Waals surface area contributed by atoms with E-state index in [1.165, 1.54) is 46.5 Å². The normalized spacial score (nSPS) is 21.4. The highest BCUT2D eigenvalue weighted by Crippen LogP contribution is 2.49. The van der Waals surface area contributed by atoms with Crippen LogP contribution < -0.4 is 9.80 Å². The number of hydrogen-bond acceptors (Lipinski definition) is 2. The Kier molecular flexibility index (Phi) is 3.37. The number of benzene rings is 2. The van der Waals surface area contributed by atoms with E-state index in [2.05, 4.69) is 75.6 Å². The largest absolute Gasteiger partial charge is 0.349 e. The number of fused-ring (bicyclic) bond motifs is 7. The first-order valence-electron chi connectivity index (χ1n) is 10.4. The first kappa shape index (κ1) is 17.2. The van der Waals surface area contributed by atoms with E-state index in [1.54, 1.807) is 11.1 Å². The van der Waals surface area contributed by atoms with Gasteiger partial charge in [0, 0.05) is 24.5 Å². The molecule has 2 heteroatoms. The molecule has 0 atom stereocenters. The third kappa shape index (κ3) is 2.45. The standard InChI is InChI=1S/C25H32N2/c1-16-9-18-13-27-15-26(22(18)10-17(16)2)14-19-11-20-21(12-23(19)27)25(5,6)8-7-24(20,3)4/h9-12H,7-8,13-15H2,1-6H3. The zero-order chi connectivity index (χ0) is 19.1. The van der Waals surface area contributed by atoms with Crippen LogP contribution in [0.5, 0.6) is 0 Å². The van der Waals surface area contributed by atoms with Crippen LogP contribution in [0.15, 0.2) is 24.3 Å². The Labute approximate surface area is 164 Å². The lowest BCUT2D eigenvalue weighted by atomic mass is 9.62. The predicted molar refractivity (Wildman–Crippen MR) is 115 cm³/mol. The lowest BCUT2D eigenvalue weighted by Crippen LogP contribution is -2.47. The summed E-state index contributed by atoms with van der Waals surface area (Å²) in [6.07, 6.45) is 2.56. The summed E-state index contributed by atoms with van der Waals surface area (Å²) < 4.78 is 0. The molecule has 2 bridgehead atoms. The summed E-state index contributed by atoms with van der Waals surface area (Å²) in [6, 6.07) is 9.91. The quantitative estimate of drug-likeness (QED) is 0.573. The molecule has 0 radical (unpaired) electrons. The first-order chi connectivity index (χ1) is 12.7.